The van der Waals surface area contributed by atoms with Gasteiger partial charge in [0.1, 0.15) is 0 Å². The van der Waals surface area contributed by atoms with Crippen molar-refractivity contribution in [3.8, 4) is 0 Å². The molecule has 0 aromatic heterocycles. The molecule has 0 aromatic carbocycles. The molecule has 1 fully saturated rings. The average Bonchev–Trinajstić information content (AvgIpc) is 2.36. The second-order valence-corrected chi connectivity index (χ2v) is 5.41. The topological polar surface area (TPSA) is 24.5 Å². The predicted molar refractivity (Wildman–Crippen MR) is 73.4 cm³/mol. The van der Waals surface area contributed by atoms with Crippen LogP contribution in [0.15, 0.2) is 0 Å². The van der Waals surface area contributed by atoms with Crippen LogP contribution in [-0.2, 0) is 4.74 Å². The number of rotatable bonds is 8. The molecule has 3 heteroatoms. The van der Waals surface area contributed by atoms with Crippen LogP contribution in [-0.4, -0.2) is 51.3 Å². The van der Waals surface area contributed by atoms with Gasteiger partial charge in [-0.3, -0.25) is 0 Å². The third kappa shape index (κ3) is 4.94. The lowest BCUT2D eigenvalue weighted by molar-refractivity contribution is -0.0248. The van der Waals surface area contributed by atoms with Crippen molar-refractivity contribution in [1.82, 2.24) is 10.2 Å². The van der Waals surface area contributed by atoms with Crippen LogP contribution in [0.4, 0.5) is 0 Å². The molecule has 1 heterocycles. The Hall–Kier alpha value is -0.120. The summed E-state index contributed by atoms with van der Waals surface area (Å²) in [7, 11) is 2.05. The van der Waals surface area contributed by atoms with E-state index in [9.17, 15) is 0 Å². The van der Waals surface area contributed by atoms with Crippen LogP contribution in [0, 0.1) is 5.41 Å². The molecule has 0 radical (unpaired) electrons. The molecule has 0 aromatic rings. The summed E-state index contributed by atoms with van der Waals surface area (Å²) in [6, 6.07) is 0. The molecule has 1 atom stereocenters. The summed E-state index contributed by atoms with van der Waals surface area (Å²) in [5.74, 6) is 0. The average molecular weight is 242 g/mol. The fraction of sp³-hybridized carbons (Fsp3) is 1.00. The molecule has 3 nitrogen and oxygen atoms in total. The minimum absolute atomic E-state index is 0.344. The van der Waals surface area contributed by atoms with Gasteiger partial charge in [0.2, 0.25) is 0 Å². The largest absolute Gasteiger partial charge is 0.381 e. The lowest BCUT2D eigenvalue weighted by Crippen LogP contribution is -2.48. The number of hydrogen-bond acceptors (Lipinski definition) is 3. The standard InChI is InChI=1S/C14H30N2O/c1-4-6-9-16(5-2)12-14(11-15-3)8-7-10-17-13-14/h15H,4-13H2,1-3H3. The van der Waals surface area contributed by atoms with Gasteiger partial charge in [0.15, 0.2) is 0 Å². The smallest absolute Gasteiger partial charge is 0.0546 e. The van der Waals surface area contributed by atoms with Gasteiger partial charge in [-0.05, 0) is 39.4 Å². The Morgan fingerprint density at radius 2 is 2.18 bits per heavy atom. The second kappa shape index (κ2) is 8.06. The monoisotopic (exact) mass is 242 g/mol. The van der Waals surface area contributed by atoms with Crippen LogP contribution in [0.1, 0.15) is 39.5 Å². The first kappa shape index (κ1) is 14.9. The van der Waals surface area contributed by atoms with Crippen LogP contribution < -0.4 is 5.32 Å². The second-order valence-electron chi connectivity index (χ2n) is 5.41. The summed E-state index contributed by atoms with van der Waals surface area (Å²) >= 11 is 0. The minimum Gasteiger partial charge on any atom is -0.381 e. The first-order valence-electron chi connectivity index (χ1n) is 7.21. The van der Waals surface area contributed by atoms with Crippen molar-refractivity contribution in [2.75, 3.05) is 46.4 Å². The van der Waals surface area contributed by atoms with Gasteiger partial charge in [-0.25, -0.2) is 0 Å². The molecular formula is C14H30N2O. The summed E-state index contributed by atoms with van der Waals surface area (Å²) in [6.45, 7) is 11.1. The Balaban J connectivity index is 2.50. The van der Waals surface area contributed by atoms with Gasteiger partial charge in [-0.1, -0.05) is 20.3 Å². The highest BCUT2D eigenvalue weighted by Crippen LogP contribution is 2.29. The van der Waals surface area contributed by atoms with Crippen LogP contribution in [0.25, 0.3) is 0 Å². The van der Waals surface area contributed by atoms with Crippen molar-refractivity contribution in [2.24, 2.45) is 5.41 Å². The van der Waals surface area contributed by atoms with Crippen molar-refractivity contribution < 1.29 is 4.74 Å². The maximum atomic E-state index is 5.72. The third-order valence-electron chi connectivity index (χ3n) is 3.79. The van der Waals surface area contributed by atoms with Gasteiger partial charge in [0, 0.05) is 25.1 Å². The summed E-state index contributed by atoms with van der Waals surface area (Å²) in [6.07, 6.45) is 5.11. The Morgan fingerprint density at radius 3 is 2.71 bits per heavy atom. The lowest BCUT2D eigenvalue weighted by atomic mass is 9.81. The van der Waals surface area contributed by atoms with E-state index in [2.05, 4.69) is 31.1 Å². The number of nitrogens with one attached hydrogen (secondary N) is 1. The molecule has 0 amide bonds. The quantitative estimate of drug-likeness (QED) is 0.705. The third-order valence-corrected chi connectivity index (χ3v) is 3.79. The highest BCUT2D eigenvalue weighted by Gasteiger charge is 2.33. The zero-order valence-electron chi connectivity index (χ0n) is 11.9. The maximum Gasteiger partial charge on any atom is 0.0546 e. The Kier molecular flexibility index (Phi) is 7.09. The SMILES string of the molecule is CCCCN(CC)CC1(CNC)CCCOC1. The van der Waals surface area contributed by atoms with E-state index in [1.54, 1.807) is 0 Å². The van der Waals surface area contributed by atoms with Gasteiger partial charge in [0.05, 0.1) is 6.61 Å². The van der Waals surface area contributed by atoms with E-state index in [0.29, 0.717) is 5.41 Å². The van der Waals surface area contributed by atoms with Gasteiger partial charge in [-0.15, -0.1) is 0 Å². The molecule has 1 saturated heterocycles. The van der Waals surface area contributed by atoms with Crippen molar-refractivity contribution in [3.05, 3.63) is 0 Å². The summed E-state index contributed by atoms with van der Waals surface area (Å²) < 4.78 is 5.72. The van der Waals surface area contributed by atoms with E-state index in [1.807, 2.05) is 0 Å². The maximum absolute atomic E-state index is 5.72. The van der Waals surface area contributed by atoms with E-state index in [-0.39, 0.29) is 0 Å². The minimum atomic E-state index is 0.344. The first-order valence-corrected chi connectivity index (χ1v) is 7.21. The molecule has 1 N–H and O–H groups in total. The molecule has 0 aliphatic carbocycles. The highest BCUT2D eigenvalue weighted by molar-refractivity contribution is 4.86. The molecule has 102 valence electrons. The van der Waals surface area contributed by atoms with Crippen molar-refractivity contribution in [1.29, 1.82) is 0 Å². The Bertz CT molecular complexity index is 185. The molecule has 1 unspecified atom stereocenters. The summed E-state index contributed by atoms with van der Waals surface area (Å²) in [5, 5.41) is 3.36. The zero-order chi connectivity index (χ0) is 12.6. The Labute approximate surface area is 107 Å². The molecule has 0 spiro atoms. The van der Waals surface area contributed by atoms with Crippen LogP contribution in [0.5, 0.6) is 0 Å². The van der Waals surface area contributed by atoms with Crippen molar-refractivity contribution in [2.45, 2.75) is 39.5 Å². The first-order chi connectivity index (χ1) is 8.26. The van der Waals surface area contributed by atoms with E-state index in [4.69, 9.17) is 4.74 Å². The molecule has 0 saturated carbocycles. The van der Waals surface area contributed by atoms with E-state index in [1.165, 1.54) is 38.8 Å². The zero-order valence-corrected chi connectivity index (χ0v) is 11.9. The highest BCUT2D eigenvalue weighted by atomic mass is 16.5. The van der Waals surface area contributed by atoms with Crippen LogP contribution >= 0.6 is 0 Å². The normalized spacial score (nSPS) is 25.4. The number of hydrogen-bond donors (Lipinski definition) is 1. The van der Waals surface area contributed by atoms with Crippen molar-refractivity contribution in [3.63, 3.8) is 0 Å². The summed E-state index contributed by atoms with van der Waals surface area (Å²) in [4.78, 5) is 2.59. The van der Waals surface area contributed by atoms with Crippen molar-refractivity contribution >= 4 is 0 Å². The van der Waals surface area contributed by atoms with Gasteiger partial charge in [-0.2, -0.15) is 0 Å². The molecular weight excluding hydrogens is 212 g/mol. The van der Waals surface area contributed by atoms with Crippen LogP contribution in [0.2, 0.25) is 0 Å². The predicted octanol–water partition coefficient (Wildman–Crippen LogP) is 2.12. The van der Waals surface area contributed by atoms with E-state index < -0.39 is 0 Å². The molecule has 1 rings (SSSR count). The molecule has 1 aliphatic rings. The molecule has 1 aliphatic heterocycles. The van der Waals surface area contributed by atoms with E-state index >= 15 is 0 Å². The van der Waals surface area contributed by atoms with Gasteiger partial charge in [0.25, 0.3) is 0 Å². The fourth-order valence-electron chi connectivity index (χ4n) is 2.81. The number of nitrogens with zero attached hydrogens (tertiary/aromatic N) is 1. The van der Waals surface area contributed by atoms with Crippen LogP contribution in [0.3, 0.4) is 0 Å². The molecule has 17 heavy (non-hydrogen) atoms. The number of ether oxygens (including phenoxy) is 1. The molecule has 0 bridgehead atoms. The summed E-state index contributed by atoms with van der Waals surface area (Å²) in [5.41, 5.74) is 0.344. The number of unbranched alkanes of at least 4 members (excludes halogenated alkanes) is 1. The van der Waals surface area contributed by atoms with Gasteiger partial charge >= 0.3 is 0 Å². The van der Waals surface area contributed by atoms with E-state index in [0.717, 1.165) is 26.3 Å². The lowest BCUT2D eigenvalue weighted by Gasteiger charge is -2.40. The van der Waals surface area contributed by atoms with Gasteiger partial charge < -0.3 is 15.0 Å². The fourth-order valence-corrected chi connectivity index (χ4v) is 2.81. The Morgan fingerprint density at radius 1 is 1.35 bits per heavy atom.